The van der Waals surface area contributed by atoms with Gasteiger partial charge in [-0.3, -0.25) is 4.79 Å². The van der Waals surface area contributed by atoms with Crippen LogP contribution < -0.4 is 14.8 Å². The van der Waals surface area contributed by atoms with Crippen LogP contribution in [0.4, 0.5) is 5.69 Å². The number of hydrogen-bond donors (Lipinski definition) is 2. The van der Waals surface area contributed by atoms with Gasteiger partial charge in [-0.15, -0.1) is 0 Å². The molecule has 0 aliphatic heterocycles. The fourth-order valence-corrected chi connectivity index (χ4v) is 3.84. The van der Waals surface area contributed by atoms with Crippen molar-refractivity contribution in [2.24, 2.45) is 0 Å². The summed E-state index contributed by atoms with van der Waals surface area (Å²) >= 11 is 11.8. The second kappa shape index (κ2) is 8.73. The average molecular weight is 417 g/mol. The van der Waals surface area contributed by atoms with Crippen molar-refractivity contribution in [2.45, 2.75) is 24.8 Å². The van der Waals surface area contributed by atoms with Crippen molar-refractivity contribution in [1.82, 2.24) is 4.72 Å². The van der Waals surface area contributed by atoms with Crippen molar-refractivity contribution in [3.63, 3.8) is 0 Å². The average Bonchev–Trinajstić information content (AvgIpc) is 2.54. The van der Waals surface area contributed by atoms with E-state index in [0.29, 0.717) is 28.1 Å². The zero-order chi connectivity index (χ0) is 19.3. The maximum absolute atomic E-state index is 12.4. The fraction of sp³-hybridized carbons (Fsp3) is 0.235. The Balaban J connectivity index is 2.06. The van der Waals surface area contributed by atoms with Crippen molar-refractivity contribution in [2.75, 3.05) is 11.9 Å². The number of nitrogens with one attached hydrogen (secondary N) is 2. The summed E-state index contributed by atoms with van der Waals surface area (Å²) in [4.78, 5) is 12.3. The highest BCUT2D eigenvalue weighted by atomic mass is 35.5. The molecule has 0 bridgehead atoms. The molecule has 0 aliphatic carbocycles. The van der Waals surface area contributed by atoms with E-state index in [4.69, 9.17) is 27.9 Å². The topological polar surface area (TPSA) is 84.5 Å². The lowest BCUT2D eigenvalue weighted by molar-refractivity contribution is -0.117. The number of ether oxygens (including phenoxy) is 1. The Bertz CT molecular complexity index is 866. The van der Waals surface area contributed by atoms with E-state index >= 15 is 0 Å². The summed E-state index contributed by atoms with van der Waals surface area (Å²) in [5.74, 6) is 0.0212. The summed E-state index contributed by atoms with van der Waals surface area (Å²) in [5.41, 5.74) is 0.375. The van der Waals surface area contributed by atoms with Gasteiger partial charge in [0.2, 0.25) is 15.9 Å². The number of hydrogen-bond acceptors (Lipinski definition) is 4. The summed E-state index contributed by atoms with van der Waals surface area (Å²) in [6, 6.07) is 9.47. The number of halogens is 2. The van der Waals surface area contributed by atoms with Gasteiger partial charge >= 0.3 is 0 Å². The molecule has 0 aromatic heterocycles. The number of sulfonamides is 1. The van der Waals surface area contributed by atoms with E-state index < -0.39 is 22.0 Å². The largest absolute Gasteiger partial charge is 0.494 e. The summed E-state index contributed by atoms with van der Waals surface area (Å²) in [6.45, 7) is 3.75. The molecule has 2 N–H and O–H groups in total. The Morgan fingerprint density at radius 1 is 1.12 bits per heavy atom. The standard InChI is InChI=1S/C17H18Cl2N2O4S/c1-3-25-15-4-6-16(7-5-15)26(23,24)21-11(2)17(22)20-14-9-12(18)8-13(19)10-14/h4-11,21H,3H2,1-2H3,(H,20,22)/t11-/m1/s1. The predicted octanol–water partition coefficient (Wildman–Crippen LogP) is 3.70. The van der Waals surface area contributed by atoms with Crippen LogP contribution in [-0.4, -0.2) is 27.0 Å². The highest BCUT2D eigenvalue weighted by Crippen LogP contribution is 2.22. The van der Waals surface area contributed by atoms with Gasteiger partial charge in [-0.05, 0) is 56.3 Å². The number of carbonyl (C=O) groups is 1. The Morgan fingerprint density at radius 2 is 1.69 bits per heavy atom. The highest BCUT2D eigenvalue weighted by Gasteiger charge is 2.22. The van der Waals surface area contributed by atoms with Crippen molar-refractivity contribution in [1.29, 1.82) is 0 Å². The normalized spacial score (nSPS) is 12.5. The molecule has 0 heterocycles. The van der Waals surface area contributed by atoms with Crippen LogP contribution in [0.5, 0.6) is 5.75 Å². The molecule has 0 fully saturated rings. The van der Waals surface area contributed by atoms with Gasteiger partial charge in [0, 0.05) is 15.7 Å². The molecular weight excluding hydrogens is 399 g/mol. The molecule has 6 nitrogen and oxygen atoms in total. The van der Waals surface area contributed by atoms with E-state index in [1.165, 1.54) is 37.3 Å². The Kier molecular flexibility index (Phi) is 6.88. The number of anilines is 1. The maximum Gasteiger partial charge on any atom is 0.242 e. The van der Waals surface area contributed by atoms with E-state index in [1.807, 2.05) is 6.92 Å². The van der Waals surface area contributed by atoms with Crippen LogP contribution in [0, 0.1) is 0 Å². The molecule has 1 atom stereocenters. The van der Waals surface area contributed by atoms with Gasteiger partial charge in [-0.1, -0.05) is 23.2 Å². The highest BCUT2D eigenvalue weighted by molar-refractivity contribution is 7.89. The predicted molar refractivity (Wildman–Crippen MR) is 102 cm³/mol. The quantitative estimate of drug-likeness (QED) is 0.720. The van der Waals surface area contributed by atoms with E-state index in [-0.39, 0.29) is 4.90 Å². The smallest absolute Gasteiger partial charge is 0.242 e. The minimum absolute atomic E-state index is 0.0337. The van der Waals surface area contributed by atoms with Gasteiger partial charge in [0.05, 0.1) is 17.5 Å². The summed E-state index contributed by atoms with van der Waals surface area (Å²) in [6.07, 6.45) is 0. The van der Waals surface area contributed by atoms with Gasteiger partial charge in [-0.25, -0.2) is 8.42 Å². The summed E-state index contributed by atoms with van der Waals surface area (Å²) in [7, 11) is -3.86. The maximum atomic E-state index is 12.4. The molecule has 140 valence electrons. The third kappa shape index (κ3) is 5.60. The zero-order valence-electron chi connectivity index (χ0n) is 14.1. The summed E-state index contributed by atoms with van der Waals surface area (Å²) < 4.78 is 32.4. The van der Waals surface area contributed by atoms with Crippen LogP contribution in [0.25, 0.3) is 0 Å². The number of rotatable bonds is 7. The third-order valence-corrected chi connectivity index (χ3v) is 5.29. The van der Waals surface area contributed by atoms with Crippen LogP contribution in [0.2, 0.25) is 10.0 Å². The lowest BCUT2D eigenvalue weighted by Crippen LogP contribution is -2.41. The SMILES string of the molecule is CCOc1ccc(S(=O)(=O)N[C@H](C)C(=O)Nc2cc(Cl)cc(Cl)c2)cc1. The van der Waals surface area contributed by atoms with Gasteiger partial charge in [-0.2, -0.15) is 4.72 Å². The molecule has 0 spiro atoms. The van der Waals surface area contributed by atoms with Crippen molar-refractivity contribution < 1.29 is 17.9 Å². The molecule has 2 rings (SSSR count). The molecule has 9 heteroatoms. The Labute approximate surface area is 162 Å². The minimum Gasteiger partial charge on any atom is -0.494 e. The Morgan fingerprint density at radius 3 is 2.23 bits per heavy atom. The first kappa shape index (κ1) is 20.5. The zero-order valence-corrected chi connectivity index (χ0v) is 16.5. The van der Waals surface area contributed by atoms with E-state index in [0.717, 1.165) is 0 Å². The molecule has 2 aromatic carbocycles. The third-order valence-electron chi connectivity index (χ3n) is 3.30. The first-order valence-corrected chi connectivity index (χ1v) is 9.97. The summed E-state index contributed by atoms with van der Waals surface area (Å²) in [5, 5.41) is 3.28. The molecule has 1 amide bonds. The second-order valence-corrected chi connectivity index (χ2v) is 7.98. The number of benzene rings is 2. The molecule has 0 aliphatic rings. The molecular formula is C17H18Cl2N2O4S. The van der Waals surface area contributed by atoms with Crippen molar-refractivity contribution in [3.05, 3.63) is 52.5 Å². The van der Waals surface area contributed by atoms with Crippen LogP contribution in [-0.2, 0) is 14.8 Å². The Hall–Kier alpha value is -1.80. The van der Waals surface area contributed by atoms with E-state index in [2.05, 4.69) is 10.0 Å². The van der Waals surface area contributed by atoms with Gasteiger partial charge in [0.1, 0.15) is 5.75 Å². The van der Waals surface area contributed by atoms with E-state index in [9.17, 15) is 13.2 Å². The van der Waals surface area contributed by atoms with E-state index in [1.54, 1.807) is 12.1 Å². The lowest BCUT2D eigenvalue weighted by atomic mass is 10.3. The molecule has 0 radical (unpaired) electrons. The number of amides is 1. The molecule has 26 heavy (non-hydrogen) atoms. The minimum atomic E-state index is -3.86. The number of carbonyl (C=O) groups excluding carboxylic acids is 1. The van der Waals surface area contributed by atoms with Crippen molar-refractivity contribution in [3.8, 4) is 5.75 Å². The molecule has 0 saturated carbocycles. The monoisotopic (exact) mass is 416 g/mol. The van der Waals surface area contributed by atoms with Crippen LogP contribution in [0.1, 0.15) is 13.8 Å². The van der Waals surface area contributed by atoms with Gasteiger partial charge in [0.25, 0.3) is 0 Å². The molecule has 0 saturated heterocycles. The van der Waals surface area contributed by atoms with Crippen molar-refractivity contribution >= 4 is 44.8 Å². The molecule has 2 aromatic rings. The van der Waals surface area contributed by atoms with Gasteiger partial charge in [0.15, 0.2) is 0 Å². The first-order chi connectivity index (χ1) is 12.2. The second-order valence-electron chi connectivity index (χ2n) is 5.39. The fourth-order valence-electron chi connectivity index (χ4n) is 2.11. The van der Waals surface area contributed by atoms with Gasteiger partial charge < -0.3 is 10.1 Å². The van der Waals surface area contributed by atoms with Crippen LogP contribution >= 0.6 is 23.2 Å². The van der Waals surface area contributed by atoms with Crippen LogP contribution in [0.3, 0.4) is 0 Å². The molecule has 0 unspecified atom stereocenters. The lowest BCUT2D eigenvalue weighted by Gasteiger charge is -2.15. The van der Waals surface area contributed by atoms with Crippen LogP contribution in [0.15, 0.2) is 47.4 Å². The first-order valence-electron chi connectivity index (χ1n) is 7.73.